The van der Waals surface area contributed by atoms with Crippen LogP contribution < -0.4 is 19.1 Å². The van der Waals surface area contributed by atoms with Gasteiger partial charge in [-0.15, -0.1) is 0 Å². The first-order valence-corrected chi connectivity index (χ1v) is 14.2. The second-order valence-corrected chi connectivity index (χ2v) is 10.3. The molecule has 5 rings (SSSR count). The zero-order chi connectivity index (χ0) is 28.9. The summed E-state index contributed by atoms with van der Waals surface area (Å²) in [5.41, 5.74) is 1.61. The summed E-state index contributed by atoms with van der Waals surface area (Å²) in [7, 11) is 0. The van der Waals surface area contributed by atoms with Crippen molar-refractivity contribution in [2.45, 2.75) is 26.3 Å². The van der Waals surface area contributed by atoms with Gasteiger partial charge >= 0.3 is 5.91 Å². The number of rotatable bonds is 11. The van der Waals surface area contributed by atoms with E-state index in [9.17, 15) is 14.7 Å². The number of carbonyl (C=O) groups is 2. The number of nitrogens with zero attached hydrogens (tertiary/aromatic N) is 2. The Morgan fingerprint density at radius 3 is 2.49 bits per heavy atom. The molecule has 2 heterocycles. The monoisotopic (exact) mass is 570 g/mol. The van der Waals surface area contributed by atoms with Crippen molar-refractivity contribution >= 4 is 44.1 Å². The number of carbonyl (C=O) groups excluding carboxylic acids is 2. The molecule has 3 aromatic carbocycles. The van der Waals surface area contributed by atoms with E-state index in [1.165, 1.54) is 16.2 Å². The smallest absolute Gasteiger partial charge is 0.301 e. The molecule has 1 fully saturated rings. The van der Waals surface area contributed by atoms with Crippen LogP contribution in [0.5, 0.6) is 17.2 Å². The molecule has 1 saturated heterocycles. The molecule has 41 heavy (non-hydrogen) atoms. The maximum atomic E-state index is 13.6. The molecule has 8 nitrogen and oxygen atoms in total. The Morgan fingerprint density at radius 1 is 1.00 bits per heavy atom. The topological polar surface area (TPSA) is 98.2 Å². The van der Waals surface area contributed by atoms with Crippen LogP contribution in [0.2, 0.25) is 0 Å². The van der Waals surface area contributed by atoms with Crippen molar-refractivity contribution in [3.05, 3.63) is 96.1 Å². The number of thiazole rings is 1. The molecular formula is C32H30N2O6S. The number of ether oxygens (including phenoxy) is 3. The van der Waals surface area contributed by atoms with E-state index in [-0.39, 0.29) is 17.9 Å². The fourth-order valence-electron chi connectivity index (χ4n) is 4.61. The van der Waals surface area contributed by atoms with Crippen molar-refractivity contribution in [3.63, 3.8) is 0 Å². The second kappa shape index (κ2) is 12.3. The van der Waals surface area contributed by atoms with E-state index in [1.807, 2.05) is 32.0 Å². The summed E-state index contributed by atoms with van der Waals surface area (Å²) in [6, 6.07) is 18.4. The molecular weight excluding hydrogens is 540 g/mol. The highest BCUT2D eigenvalue weighted by molar-refractivity contribution is 7.22. The van der Waals surface area contributed by atoms with E-state index in [1.54, 1.807) is 54.6 Å². The SMILES string of the molecule is C=CCOc1cccc(C2/C(=C(\O)c3ccc(OCCC)cc3)C(=O)C(=O)N2c2nc3ccc(OCC)cc3s2)c1. The largest absolute Gasteiger partial charge is 0.507 e. The molecule has 1 amide bonds. The zero-order valence-corrected chi connectivity index (χ0v) is 23.6. The molecule has 1 aliphatic heterocycles. The van der Waals surface area contributed by atoms with Gasteiger partial charge in [0.1, 0.15) is 29.6 Å². The number of anilines is 1. The molecule has 210 valence electrons. The molecule has 1 aliphatic rings. The number of hydrogen-bond acceptors (Lipinski definition) is 8. The lowest BCUT2D eigenvalue weighted by Crippen LogP contribution is -2.29. The van der Waals surface area contributed by atoms with Crippen LogP contribution in [0.3, 0.4) is 0 Å². The molecule has 1 atom stereocenters. The molecule has 4 aromatic rings. The van der Waals surface area contributed by atoms with Gasteiger partial charge in [0.05, 0.1) is 35.0 Å². The summed E-state index contributed by atoms with van der Waals surface area (Å²) in [6.45, 7) is 8.97. The van der Waals surface area contributed by atoms with Crippen LogP contribution in [0, 0.1) is 0 Å². The molecule has 1 aromatic heterocycles. The predicted molar refractivity (Wildman–Crippen MR) is 160 cm³/mol. The third-order valence-electron chi connectivity index (χ3n) is 6.45. The lowest BCUT2D eigenvalue weighted by molar-refractivity contribution is -0.132. The highest BCUT2D eigenvalue weighted by atomic mass is 32.1. The second-order valence-electron chi connectivity index (χ2n) is 9.27. The highest BCUT2D eigenvalue weighted by Crippen LogP contribution is 2.45. The van der Waals surface area contributed by atoms with Crippen molar-refractivity contribution in [1.82, 2.24) is 4.98 Å². The van der Waals surface area contributed by atoms with Gasteiger partial charge in [-0.25, -0.2) is 4.98 Å². The maximum absolute atomic E-state index is 13.6. The standard InChI is InChI=1S/C32H30N2O6S/c1-4-16-39-22-12-10-20(11-13-22)29(35)27-28(21-8-7-9-23(18-21)40-17-5-2)34(31(37)30(27)36)32-33-25-15-14-24(38-6-3)19-26(25)41-32/h5,7-15,18-19,28,35H,2,4,6,16-17H2,1,3H3/b29-27+. The number of amides is 1. The van der Waals surface area contributed by atoms with Crippen molar-refractivity contribution in [1.29, 1.82) is 0 Å². The van der Waals surface area contributed by atoms with Gasteiger partial charge in [0.15, 0.2) is 5.13 Å². The summed E-state index contributed by atoms with van der Waals surface area (Å²) in [6.07, 6.45) is 2.49. The van der Waals surface area contributed by atoms with Gasteiger partial charge in [0.25, 0.3) is 5.78 Å². The number of aromatic nitrogens is 1. The number of Topliss-reactive ketones (excluding diaryl/α,β-unsaturated/α-hetero) is 1. The summed E-state index contributed by atoms with van der Waals surface area (Å²) in [5.74, 6) is 0.0122. The number of ketones is 1. The summed E-state index contributed by atoms with van der Waals surface area (Å²) >= 11 is 1.27. The van der Waals surface area contributed by atoms with Gasteiger partial charge in [-0.3, -0.25) is 14.5 Å². The van der Waals surface area contributed by atoms with Crippen LogP contribution in [-0.2, 0) is 9.59 Å². The Kier molecular flexibility index (Phi) is 8.35. The van der Waals surface area contributed by atoms with Crippen molar-refractivity contribution < 1.29 is 28.9 Å². The van der Waals surface area contributed by atoms with Crippen molar-refractivity contribution in [2.75, 3.05) is 24.7 Å². The van der Waals surface area contributed by atoms with E-state index >= 15 is 0 Å². The third-order valence-corrected chi connectivity index (χ3v) is 7.47. The summed E-state index contributed by atoms with van der Waals surface area (Å²) in [4.78, 5) is 33.2. The Labute approximate surface area is 242 Å². The van der Waals surface area contributed by atoms with Crippen LogP contribution in [0.4, 0.5) is 5.13 Å². The minimum absolute atomic E-state index is 0.0349. The van der Waals surface area contributed by atoms with E-state index in [0.717, 1.165) is 11.1 Å². The van der Waals surface area contributed by atoms with Gasteiger partial charge < -0.3 is 19.3 Å². The fraction of sp³-hybridized carbons (Fsp3) is 0.219. The quantitative estimate of drug-likeness (QED) is 0.0930. The third kappa shape index (κ3) is 5.67. The lowest BCUT2D eigenvalue weighted by Gasteiger charge is -2.23. The number of hydrogen-bond donors (Lipinski definition) is 1. The normalized spacial score (nSPS) is 16.2. The van der Waals surface area contributed by atoms with E-state index in [2.05, 4.69) is 11.6 Å². The molecule has 0 bridgehead atoms. The predicted octanol–water partition coefficient (Wildman–Crippen LogP) is 6.67. The summed E-state index contributed by atoms with van der Waals surface area (Å²) < 4.78 is 17.8. The van der Waals surface area contributed by atoms with Crippen LogP contribution in [0.1, 0.15) is 37.4 Å². The lowest BCUT2D eigenvalue weighted by atomic mass is 9.95. The van der Waals surface area contributed by atoms with E-state index in [4.69, 9.17) is 14.2 Å². The molecule has 1 unspecified atom stereocenters. The van der Waals surface area contributed by atoms with Gasteiger partial charge in [0.2, 0.25) is 0 Å². The van der Waals surface area contributed by atoms with Crippen molar-refractivity contribution in [3.8, 4) is 17.2 Å². The molecule has 9 heteroatoms. The first-order valence-electron chi connectivity index (χ1n) is 13.4. The van der Waals surface area contributed by atoms with Crippen molar-refractivity contribution in [2.24, 2.45) is 0 Å². The highest BCUT2D eigenvalue weighted by Gasteiger charge is 2.48. The summed E-state index contributed by atoms with van der Waals surface area (Å²) in [5, 5.41) is 11.8. The van der Waals surface area contributed by atoms with Gasteiger partial charge in [0, 0.05) is 5.56 Å². The first-order chi connectivity index (χ1) is 19.9. The minimum Gasteiger partial charge on any atom is -0.507 e. The minimum atomic E-state index is -0.940. The average Bonchev–Trinajstić information content (AvgIpc) is 3.52. The number of fused-ring (bicyclic) bond motifs is 1. The Hall–Kier alpha value is -4.63. The van der Waals surface area contributed by atoms with Crippen LogP contribution in [0.15, 0.2) is 85.0 Å². The first kappa shape index (κ1) is 27.9. The van der Waals surface area contributed by atoms with E-state index < -0.39 is 17.7 Å². The zero-order valence-electron chi connectivity index (χ0n) is 22.8. The number of aliphatic hydroxyl groups excluding tert-OH is 1. The van der Waals surface area contributed by atoms with Crippen LogP contribution in [-0.4, -0.2) is 41.6 Å². The number of aliphatic hydroxyl groups is 1. The fourth-order valence-corrected chi connectivity index (χ4v) is 5.63. The van der Waals surface area contributed by atoms with Gasteiger partial charge in [-0.05, 0) is 73.5 Å². The van der Waals surface area contributed by atoms with E-state index in [0.29, 0.717) is 52.2 Å². The molecule has 0 saturated carbocycles. The average molecular weight is 571 g/mol. The molecule has 0 spiro atoms. The Balaban J connectivity index is 1.64. The van der Waals surface area contributed by atoms with Gasteiger partial charge in [-0.2, -0.15) is 0 Å². The van der Waals surface area contributed by atoms with Crippen LogP contribution in [0.25, 0.3) is 16.0 Å². The Morgan fingerprint density at radius 2 is 1.76 bits per heavy atom. The van der Waals surface area contributed by atoms with Crippen LogP contribution >= 0.6 is 11.3 Å². The molecule has 1 N–H and O–H groups in total. The van der Waals surface area contributed by atoms with Gasteiger partial charge in [-0.1, -0.05) is 43.0 Å². The Bertz CT molecular complexity index is 1620. The molecule has 0 aliphatic carbocycles. The maximum Gasteiger partial charge on any atom is 0.301 e. The molecule has 0 radical (unpaired) electrons. The number of benzene rings is 3.